The van der Waals surface area contributed by atoms with Crippen LogP contribution in [0, 0.1) is 0 Å². The van der Waals surface area contributed by atoms with Gasteiger partial charge in [0.1, 0.15) is 5.75 Å². The fourth-order valence-electron chi connectivity index (χ4n) is 3.16. The zero-order valence-electron chi connectivity index (χ0n) is 17.9. The van der Waals surface area contributed by atoms with Crippen LogP contribution in [-0.2, 0) is 10.0 Å². The molecular formula is C22H27N3O4S2. The van der Waals surface area contributed by atoms with Crippen LogP contribution in [0.1, 0.15) is 44.0 Å². The lowest BCUT2D eigenvalue weighted by Gasteiger charge is -2.20. The third-order valence-electron chi connectivity index (χ3n) is 4.59. The zero-order valence-corrected chi connectivity index (χ0v) is 19.6. The van der Waals surface area contributed by atoms with E-state index in [1.54, 1.807) is 42.5 Å². The minimum absolute atomic E-state index is 0.245. The largest absolute Gasteiger partial charge is 0.494 e. The summed E-state index contributed by atoms with van der Waals surface area (Å²) in [6.45, 7) is 7.35. The minimum atomic E-state index is -3.57. The molecule has 3 aromatic rings. The van der Waals surface area contributed by atoms with Gasteiger partial charge in [-0.05, 0) is 62.2 Å². The van der Waals surface area contributed by atoms with Gasteiger partial charge in [0.2, 0.25) is 10.0 Å². The number of thiazole rings is 1. The summed E-state index contributed by atoms with van der Waals surface area (Å²) in [4.78, 5) is 17.2. The van der Waals surface area contributed by atoms with Crippen molar-refractivity contribution < 1.29 is 17.9 Å². The second-order valence-corrected chi connectivity index (χ2v) is 9.93. The Balaban J connectivity index is 1.81. The molecule has 0 unspecified atom stereocenters. The van der Waals surface area contributed by atoms with Crippen molar-refractivity contribution in [1.82, 2.24) is 9.29 Å². The molecule has 2 aromatic carbocycles. The van der Waals surface area contributed by atoms with E-state index in [1.165, 1.54) is 15.6 Å². The molecule has 0 bridgehead atoms. The van der Waals surface area contributed by atoms with Gasteiger partial charge in [-0.3, -0.25) is 10.1 Å². The van der Waals surface area contributed by atoms with Gasteiger partial charge < -0.3 is 4.74 Å². The van der Waals surface area contributed by atoms with Crippen molar-refractivity contribution >= 4 is 42.6 Å². The van der Waals surface area contributed by atoms with Gasteiger partial charge in [-0.15, -0.1) is 0 Å². The smallest absolute Gasteiger partial charge is 0.257 e. The van der Waals surface area contributed by atoms with Gasteiger partial charge in [-0.25, -0.2) is 13.4 Å². The molecule has 0 radical (unpaired) electrons. The molecule has 0 fully saturated rings. The Morgan fingerprint density at radius 1 is 1.06 bits per heavy atom. The zero-order chi connectivity index (χ0) is 22.4. The molecule has 31 heavy (non-hydrogen) atoms. The van der Waals surface area contributed by atoms with Crippen LogP contribution in [0.3, 0.4) is 0 Å². The molecule has 0 saturated heterocycles. The van der Waals surface area contributed by atoms with Crippen LogP contribution in [0.5, 0.6) is 5.75 Å². The van der Waals surface area contributed by atoms with Crippen molar-refractivity contribution in [2.45, 2.75) is 38.5 Å². The monoisotopic (exact) mass is 461 g/mol. The standard InChI is InChI=1S/C22H27N3O4S2/c1-4-13-25(14-5-2)31(27,28)18-11-12-19-20(15-18)30-22(23-19)24-21(26)16-7-9-17(10-8-16)29-6-3/h7-12,15H,4-6,13-14H2,1-3H3,(H,23,24,26). The van der Waals surface area contributed by atoms with Gasteiger partial charge >= 0.3 is 0 Å². The summed E-state index contributed by atoms with van der Waals surface area (Å²) in [7, 11) is -3.57. The molecule has 1 heterocycles. The van der Waals surface area contributed by atoms with Gasteiger partial charge in [0.05, 0.1) is 21.7 Å². The number of sulfonamides is 1. The maximum Gasteiger partial charge on any atom is 0.257 e. The number of carbonyl (C=O) groups is 1. The molecule has 1 amide bonds. The second kappa shape index (κ2) is 10.2. The van der Waals surface area contributed by atoms with E-state index in [9.17, 15) is 13.2 Å². The Morgan fingerprint density at radius 3 is 2.35 bits per heavy atom. The highest BCUT2D eigenvalue weighted by molar-refractivity contribution is 7.89. The first-order valence-electron chi connectivity index (χ1n) is 10.3. The predicted molar refractivity (Wildman–Crippen MR) is 125 cm³/mol. The first kappa shape index (κ1) is 23.2. The minimum Gasteiger partial charge on any atom is -0.494 e. The van der Waals surface area contributed by atoms with E-state index in [0.29, 0.717) is 46.4 Å². The Morgan fingerprint density at radius 2 is 1.74 bits per heavy atom. The van der Waals surface area contributed by atoms with Crippen LogP contribution < -0.4 is 10.1 Å². The predicted octanol–water partition coefficient (Wildman–Crippen LogP) is 4.76. The molecule has 1 aromatic heterocycles. The van der Waals surface area contributed by atoms with Gasteiger partial charge in [0.15, 0.2) is 5.13 Å². The van der Waals surface area contributed by atoms with Crippen LogP contribution in [0.2, 0.25) is 0 Å². The summed E-state index contributed by atoms with van der Waals surface area (Å²) in [6, 6.07) is 11.8. The summed E-state index contributed by atoms with van der Waals surface area (Å²) in [5.41, 5.74) is 1.13. The number of rotatable bonds is 10. The van der Waals surface area contributed by atoms with Crippen molar-refractivity contribution in [2.24, 2.45) is 0 Å². The average molecular weight is 462 g/mol. The Labute approximate surface area is 187 Å². The quantitative estimate of drug-likeness (QED) is 0.470. The van der Waals surface area contributed by atoms with E-state index in [2.05, 4.69) is 10.3 Å². The number of benzene rings is 2. The van der Waals surface area contributed by atoms with Crippen LogP contribution >= 0.6 is 11.3 Å². The molecule has 0 spiro atoms. The number of hydrogen-bond donors (Lipinski definition) is 1. The number of amides is 1. The summed E-state index contributed by atoms with van der Waals surface area (Å²) in [5, 5.41) is 3.21. The molecule has 166 valence electrons. The summed E-state index contributed by atoms with van der Waals surface area (Å²) < 4.78 is 33.7. The fourth-order valence-corrected chi connectivity index (χ4v) is 5.78. The number of nitrogens with zero attached hydrogens (tertiary/aromatic N) is 2. The number of ether oxygens (including phenoxy) is 1. The highest BCUT2D eigenvalue weighted by Gasteiger charge is 2.24. The van der Waals surface area contributed by atoms with Crippen LogP contribution in [0.4, 0.5) is 5.13 Å². The van der Waals surface area contributed by atoms with Crippen molar-refractivity contribution in [1.29, 1.82) is 0 Å². The lowest BCUT2D eigenvalue weighted by Crippen LogP contribution is -2.32. The SMILES string of the molecule is CCCN(CCC)S(=O)(=O)c1ccc2nc(NC(=O)c3ccc(OCC)cc3)sc2c1. The lowest BCUT2D eigenvalue weighted by atomic mass is 10.2. The van der Waals surface area contributed by atoms with Crippen molar-refractivity contribution in [3.8, 4) is 5.75 Å². The summed E-state index contributed by atoms with van der Waals surface area (Å²) >= 11 is 1.25. The molecule has 0 aliphatic carbocycles. The van der Waals surface area contributed by atoms with Crippen molar-refractivity contribution in [3.63, 3.8) is 0 Å². The number of hydrogen-bond acceptors (Lipinski definition) is 6. The van der Waals surface area contributed by atoms with E-state index >= 15 is 0 Å². The molecule has 0 aliphatic heterocycles. The Bertz CT molecular complexity index is 1140. The molecule has 0 atom stereocenters. The van der Waals surface area contributed by atoms with E-state index in [-0.39, 0.29) is 10.8 Å². The van der Waals surface area contributed by atoms with E-state index in [0.717, 1.165) is 12.8 Å². The van der Waals surface area contributed by atoms with E-state index in [4.69, 9.17) is 4.74 Å². The molecule has 1 N–H and O–H groups in total. The normalized spacial score (nSPS) is 11.7. The van der Waals surface area contributed by atoms with Gasteiger partial charge in [0, 0.05) is 18.7 Å². The Hall–Kier alpha value is -2.49. The third-order valence-corrected chi connectivity index (χ3v) is 7.42. The molecule has 3 rings (SSSR count). The summed E-state index contributed by atoms with van der Waals surface area (Å²) in [5.74, 6) is 0.417. The fraction of sp³-hybridized carbons (Fsp3) is 0.364. The molecule has 7 nitrogen and oxygen atoms in total. The van der Waals surface area contributed by atoms with Crippen LogP contribution in [0.25, 0.3) is 10.2 Å². The van der Waals surface area contributed by atoms with Gasteiger partial charge in [0.25, 0.3) is 5.91 Å². The first-order chi connectivity index (χ1) is 14.9. The van der Waals surface area contributed by atoms with Gasteiger partial charge in [-0.2, -0.15) is 4.31 Å². The maximum absolute atomic E-state index is 13.0. The van der Waals surface area contributed by atoms with E-state index in [1.807, 2.05) is 20.8 Å². The Kier molecular flexibility index (Phi) is 7.64. The third kappa shape index (κ3) is 5.41. The van der Waals surface area contributed by atoms with Crippen molar-refractivity contribution in [3.05, 3.63) is 48.0 Å². The molecule has 9 heteroatoms. The molecule has 0 saturated carbocycles. The number of fused-ring (bicyclic) bond motifs is 1. The number of carbonyl (C=O) groups excluding carboxylic acids is 1. The highest BCUT2D eigenvalue weighted by Crippen LogP contribution is 2.29. The topological polar surface area (TPSA) is 88.6 Å². The number of anilines is 1. The van der Waals surface area contributed by atoms with Gasteiger partial charge in [-0.1, -0.05) is 25.2 Å². The van der Waals surface area contributed by atoms with Crippen molar-refractivity contribution in [2.75, 3.05) is 25.0 Å². The second-order valence-electron chi connectivity index (χ2n) is 6.96. The highest BCUT2D eigenvalue weighted by atomic mass is 32.2. The number of aromatic nitrogens is 1. The number of nitrogens with one attached hydrogen (secondary N) is 1. The maximum atomic E-state index is 13.0. The van der Waals surface area contributed by atoms with Crippen LogP contribution in [-0.4, -0.2) is 43.3 Å². The van der Waals surface area contributed by atoms with E-state index < -0.39 is 10.0 Å². The first-order valence-corrected chi connectivity index (χ1v) is 12.6. The molecular weight excluding hydrogens is 434 g/mol. The van der Waals surface area contributed by atoms with Crippen LogP contribution in [0.15, 0.2) is 47.4 Å². The lowest BCUT2D eigenvalue weighted by molar-refractivity contribution is 0.102. The summed E-state index contributed by atoms with van der Waals surface area (Å²) in [6.07, 6.45) is 1.51. The molecule has 0 aliphatic rings. The average Bonchev–Trinajstić information content (AvgIpc) is 3.15.